The Balaban J connectivity index is 3.00. The van der Waals surface area contributed by atoms with Crippen LogP contribution in [0.1, 0.15) is 26.3 Å². The van der Waals surface area contributed by atoms with Crippen molar-refractivity contribution < 1.29 is 33.3 Å². The number of nitrogens with one attached hydrogen (secondary N) is 1. The molecule has 0 saturated heterocycles. The van der Waals surface area contributed by atoms with Gasteiger partial charge in [-0.05, 0) is 38.5 Å². The van der Waals surface area contributed by atoms with Gasteiger partial charge in [0.05, 0.1) is 6.61 Å². The second kappa shape index (κ2) is 8.02. The summed E-state index contributed by atoms with van der Waals surface area (Å²) in [6.07, 6.45) is -0.959. The fraction of sp³-hybridized carbons (Fsp3) is 0.467. The van der Waals surface area contributed by atoms with E-state index >= 15 is 0 Å². The van der Waals surface area contributed by atoms with Crippen molar-refractivity contribution >= 4 is 12.1 Å². The lowest BCUT2D eigenvalue weighted by molar-refractivity contribution is -0.146. The summed E-state index contributed by atoms with van der Waals surface area (Å²) >= 11 is 0. The van der Waals surface area contributed by atoms with E-state index in [9.17, 15) is 23.5 Å². The normalized spacial score (nSPS) is 12.8. The number of aliphatic carboxylic acids is 1. The molecule has 9 heteroatoms. The molecule has 24 heavy (non-hydrogen) atoms. The summed E-state index contributed by atoms with van der Waals surface area (Å²) in [6.45, 7) is 3.65. The monoisotopic (exact) mass is 346 g/mol. The fourth-order valence-electron chi connectivity index (χ4n) is 1.85. The van der Waals surface area contributed by atoms with E-state index in [0.29, 0.717) is 6.07 Å². The maximum atomic E-state index is 13.3. The average molecular weight is 346 g/mol. The molecule has 0 fully saturated rings. The van der Waals surface area contributed by atoms with Gasteiger partial charge in [-0.15, -0.1) is 0 Å². The number of aliphatic hydroxyl groups excluding tert-OH is 1. The highest BCUT2D eigenvalue weighted by molar-refractivity contribution is 5.74. The summed E-state index contributed by atoms with van der Waals surface area (Å²) in [5.74, 6) is -3.12. The van der Waals surface area contributed by atoms with Crippen LogP contribution in [0.25, 0.3) is 0 Å². The van der Waals surface area contributed by atoms with Crippen molar-refractivity contribution in [3.05, 3.63) is 35.4 Å². The highest BCUT2D eigenvalue weighted by Gasteiger charge is 2.28. The molecule has 0 radical (unpaired) electrons. The van der Waals surface area contributed by atoms with E-state index in [4.69, 9.17) is 9.84 Å². The van der Waals surface area contributed by atoms with Crippen LogP contribution in [0.5, 0.6) is 0 Å². The fourth-order valence-corrected chi connectivity index (χ4v) is 1.85. The zero-order chi connectivity index (χ0) is 18.5. The molecule has 0 spiro atoms. The van der Waals surface area contributed by atoms with Gasteiger partial charge in [0.1, 0.15) is 23.3 Å². The summed E-state index contributed by atoms with van der Waals surface area (Å²) in [5, 5.41) is 19.2. The third kappa shape index (κ3) is 6.47. The molecule has 3 N–H and O–H groups in total. The minimum Gasteiger partial charge on any atom is -0.480 e. The number of carbonyl (C=O) groups is 2. The zero-order valence-corrected chi connectivity index (χ0v) is 13.5. The van der Waals surface area contributed by atoms with Crippen molar-refractivity contribution in [1.29, 1.82) is 0 Å². The lowest BCUT2D eigenvalue weighted by Gasteiger charge is -2.29. The number of benzene rings is 1. The summed E-state index contributed by atoms with van der Waals surface area (Å²) < 4.78 is 31.6. The number of amides is 1. The highest BCUT2D eigenvalue weighted by Crippen LogP contribution is 2.13. The molecule has 1 rings (SSSR count). The molecule has 0 saturated carbocycles. The van der Waals surface area contributed by atoms with Gasteiger partial charge in [-0.25, -0.2) is 13.6 Å². The molecule has 1 atom stereocenters. The molecule has 1 aromatic rings. The second-order valence-corrected chi connectivity index (χ2v) is 6.06. The molecule has 0 heterocycles. The largest absolute Gasteiger partial charge is 0.480 e. The van der Waals surface area contributed by atoms with Gasteiger partial charge in [-0.3, -0.25) is 10.2 Å². The van der Waals surface area contributed by atoms with Gasteiger partial charge in [0.2, 0.25) is 0 Å². The van der Waals surface area contributed by atoms with Crippen LogP contribution in [0, 0.1) is 11.6 Å². The molecule has 0 aromatic heterocycles. The van der Waals surface area contributed by atoms with Crippen LogP contribution in [-0.4, -0.2) is 45.5 Å². The van der Waals surface area contributed by atoms with Crippen molar-refractivity contribution in [1.82, 2.24) is 10.4 Å². The summed E-state index contributed by atoms with van der Waals surface area (Å²) in [5.41, 5.74) is 1.42. The Morgan fingerprint density at radius 3 is 2.21 bits per heavy atom. The molecule has 0 unspecified atom stereocenters. The highest BCUT2D eigenvalue weighted by atomic mass is 19.1. The van der Waals surface area contributed by atoms with E-state index in [0.717, 1.165) is 17.1 Å². The Morgan fingerprint density at radius 1 is 1.25 bits per heavy atom. The quantitative estimate of drug-likeness (QED) is 0.678. The van der Waals surface area contributed by atoms with Crippen LogP contribution in [0.15, 0.2) is 18.2 Å². The van der Waals surface area contributed by atoms with Gasteiger partial charge in [0, 0.05) is 12.6 Å². The predicted octanol–water partition coefficient (Wildman–Crippen LogP) is 1.65. The van der Waals surface area contributed by atoms with E-state index in [2.05, 4.69) is 5.43 Å². The third-order valence-corrected chi connectivity index (χ3v) is 2.74. The number of hydrogen-bond donors (Lipinski definition) is 3. The van der Waals surface area contributed by atoms with Crippen LogP contribution >= 0.6 is 0 Å². The molecule has 0 aliphatic carbocycles. The van der Waals surface area contributed by atoms with E-state index in [1.54, 1.807) is 20.8 Å². The van der Waals surface area contributed by atoms with Crippen LogP contribution < -0.4 is 5.43 Å². The van der Waals surface area contributed by atoms with Crippen LogP contribution in [0.3, 0.4) is 0 Å². The molecule has 134 valence electrons. The van der Waals surface area contributed by atoms with Gasteiger partial charge in [0.15, 0.2) is 0 Å². The Bertz CT molecular complexity index is 584. The van der Waals surface area contributed by atoms with Crippen molar-refractivity contribution in [2.24, 2.45) is 0 Å². The maximum Gasteiger partial charge on any atom is 0.422 e. The number of carbonyl (C=O) groups excluding carboxylic acids is 1. The van der Waals surface area contributed by atoms with Crippen LogP contribution in [-0.2, 0) is 16.1 Å². The van der Waals surface area contributed by atoms with E-state index < -0.39 is 41.9 Å². The molecule has 1 aromatic carbocycles. The van der Waals surface area contributed by atoms with Crippen LogP contribution in [0.4, 0.5) is 13.6 Å². The van der Waals surface area contributed by atoms with E-state index in [-0.39, 0.29) is 12.1 Å². The average Bonchev–Trinajstić information content (AvgIpc) is 2.34. The second-order valence-electron chi connectivity index (χ2n) is 6.06. The van der Waals surface area contributed by atoms with Gasteiger partial charge >= 0.3 is 12.1 Å². The number of rotatable bonds is 6. The van der Waals surface area contributed by atoms with Crippen molar-refractivity contribution in [2.45, 2.75) is 39.0 Å². The standard InChI is InChI=1S/C15H20F2N2O5/c1-15(2,3)24-14(23)18-19(12(8-20)13(21)22)7-9-4-10(16)6-11(17)5-9/h4-6,12,20H,7-8H2,1-3H3,(H,18,23)(H,21,22)/t12-/m1/s1. The van der Waals surface area contributed by atoms with Crippen molar-refractivity contribution in [3.63, 3.8) is 0 Å². The lowest BCUT2D eigenvalue weighted by Crippen LogP contribution is -2.53. The van der Waals surface area contributed by atoms with Gasteiger partial charge in [0.25, 0.3) is 0 Å². The Hall–Kier alpha value is -2.26. The summed E-state index contributed by atoms with van der Waals surface area (Å²) in [4.78, 5) is 23.1. The van der Waals surface area contributed by atoms with Gasteiger partial charge in [-0.1, -0.05) is 0 Å². The van der Waals surface area contributed by atoms with Gasteiger partial charge < -0.3 is 14.9 Å². The van der Waals surface area contributed by atoms with E-state index in [1.165, 1.54) is 0 Å². The SMILES string of the molecule is CC(C)(C)OC(=O)NN(Cc1cc(F)cc(F)c1)[C@H](CO)C(=O)O. The molecule has 0 aliphatic heterocycles. The molecule has 0 aliphatic rings. The number of carboxylic acid groups (broad SMARTS) is 1. The first-order chi connectivity index (χ1) is 11.0. The van der Waals surface area contributed by atoms with Crippen molar-refractivity contribution in [2.75, 3.05) is 6.61 Å². The lowest BCUT2D eigenvalue weighted by atomic mass is 10.2. The Labute approximate surface area is 137 Å². The molecule has 0 bridgehead atoms. The molecular weight excluding hydrogens is 326 g/mol. The maximum absolute atomic E-state index is 13.3. The number of ether oxygens (including phenoxy) is 1. The minimum absolute atomic E-state index is 0.0725. The number of carboxylic acids is 1. The van der Waals surface area contributed by atoms with E-state index in [1.807, 2.05) is 0 Å². The number of nitrogens with zero attached hydrogens (tertiary/aromatic N) is 1. The number of hydrogen-bond acceptors (Lipinski definition) is 5. The third-order valence-electron chi connectivity index (χ3n) is 2.74. The molecular formula is C15H20F2N2O5. The summed E-state index contributed by atoms with van der Waals surface area (Å²) in [6, 6.07) is 1.12. The Morgan fingerprint density at radius 2 is 1.79 bits per heavy atom. The predicted molar refractivity (Wildman–Crippen MR) is 79.8 cm³/mol. The van der Waals surface area contributed by atoms with Crippen LogP contribution in [0.2, 0.25) is 0 Å². The van der Waals surface area contributed by atoms with Gasteiger partial charge in [-0.2, -0.15) is 5.01 Å². The topological polar surface area (TPSA) is 99.1 Å². The zero-order valence-electron chi connectivity index (χ0n) is 13.5. The van der Waals surface area contributed by atoms with Crippen molar-refractivity contribution in [3.8, 4) is 0 Å². The first kappa shape index (κ1) is 19.8. The first-order valence-electron chi connectivity index (χ1n) is 7.06. The Kier molecular flexibility index (Phi) is 6.61. The number of hydrazine groups is 1. The summed E-state index contributed by atoms with van der Waals surface area (Å²) in [7, 11) is 0. The smallest absolute Gasteiger partial charge is 0.422 e. The molecule has 1 amide bonds. The number of aliphatic hydroxyl groups is 1. The first-order valence-corrected chi connectivity index (χ1v) is 7.06. The molecule has 7 nitrogen and oxygen atoms in total. The minimum atomic E-state index is -1.52. The number of halogens is 2.